The van der Waals surface area contributed by atoms with Crippen molar-refractivity contribution < 1.29 is 28.4 Å². The average molecular weight is 496 g/mol. The largest absolute Gasteiger partial charge is 0.462 e. The number of carbonyl (C=O) groups is 4. The van der Waals surface area contributed by atoms with Gasteiger partial charge in [-0.15, -0.1) is 0 Å². The van der Waals surface area contributed by atoms with E-state index in [0.29, 0.717) is 10.6 Å². The Morgan fingerprint density at radius 1 is 1.06 bits per heavy atom. The number of imide groups is 1. The summed E-state index contributed by atoms with van der Waals surface area (Å²) in [5.41, 5.74) is 0.369. The minimum absolute atomic E-state index is 0.0613. The Morgan fingerprint density at radius 2 is 1.71 bits per heavy atom. The number of nitrogens with zero attached hydrogens (tertiary/aromatic N) is 2. The fourth-order valence-corrected chi connectivity index (χ4v) is 3.87. The molecule has 1 aliphatic heterocycles. The summed E-state index contributed by atoms with van der Waals surface area (Å²) in [7, 11) is 0. The van der Waals surface area contributed by atoms with Gasteiger partial charge in [-0.3, -0.25) is 24.6 Å². The third-order valence-electron chi connectivity index (χ3n) is 5.34. The third kappa shape index (κ3) is 4.42. The molecular formula is C25H22ClN3O6. The van der Waals surface area contributed by atoms with Gasteiger partial charge in [-0.2, -0.15) is 0 Å². The Kier molecular flexibility index (Phi) is 6.21. The summed E-state index contributed by atoms with van der Waals surface area (Å²) in [6.45, 7) is 7.00. The maximum atomic E-state index is 13.0. The van der Waals surface area contributed by atoms with E-state index in [9.17, 15) is 19.2 Å². The maximum absolute atomic E-state index is 13.0. The normalized spacial score (nSPS) is 13.1. The van der Waals surface area contributed by atoms with Gasteiger partial charge in [0.05, 0.1) is 17.7 Å². The predicted octanol–water partition coefficient (Wildman–Crippen LogP) is 4.82. The van der Waals surface area contributed by atoms with Crippen molar-refractivity contribution in [2.24, 2.45) is 0 Å². The number of aromatic nitrogens is 1. The first kappa shape index (κ1) is 24.2. The number of halogens is 1. The van der Waals surface area contributed by atoms with E-state index in [1.54, 1.807) is 52.0 Å². The molecule has 2 aromatic carbocycles. The second-order valence-corrected chi connectivity index (χ2v) is 9.23. The molecule has 1 N–H and O–H groups in total. The number of benzene rings is 2. The molecule has 35 heavy (non-hydrogen) atoms. The lowest BCUT2D eigenvalue weighted by molar-refractivity contribution is 0.0501. The summed E-state index contributed by atoms with van der Waals surface area (Å²) in [4.78, 5) is 52.4. The second kappa shape index (κ2) is 8.99. The molecule has 0 saturated carbocycles. The fraction of sp³-hybridized carbons (Fsp3) is 0.240. The Morgan fingerprint density at radius 3 is 2.34 bits per heavy atom. The van der Waals surface area contributed by atoms with Crippen molar-refractivity contribution in [2.45, 2.75) is 33.2 Å². The Hall–Kier alpha value is -3.98. The minimum Gasteiger partial charge on any atom is -0.462 e. The molecular weight excluding hydrogens is 474 g/mol. The first-order valence-electron chi connectivity index (χ1n) is 10.8. The number of hydrogen-bond donors (Lipinski definition) is 1. The monoisotopic (exact) mass is 495 g/mol. The van der Waals surface area contributed by atoms with Crippen LogP contribution in [0.2, 0.25) is 5.02 Å². The van der Waals surface area contributed by atoms with E-state index in [0.717, 1.165) is 4.90 Å². The van der Waals surface area contributed by atoms with Crippen LogP contribution in [0.3, 0.4) is 0 Å². The zero-order chi connectivity index (χ0) is 25.5. The van der Waals surface area contributed by atoms with Crippen molar-refractivity contribution in [1.29, 1.82) is 0 Å². The Balaban J connectivity index is 1.67. The molecule has 9 nitrogen and oxygen atoms in total. The minimum atomic E-state index is -0.732. The van der Waals surface area contributed by atoms with Crippen molar-refractivity contribution in [3.8, 4) is 11.3 Å². The number of esters is 1. The lowest BCUT2D eigenvalue weighted by atomic mass is 10.0. The summed E-state index contributed by atoms with van der Waals surface area (Å²) in [6.07, 6.45) is 0. The van der Waals surface area contributed by atoms with Gasteiger partial charge in [-0.25, -0.2) is 4.79 Å². The molecule has 0 fully saturated rings. The van der Waals surface area contributed by atoms with Gasteiger partial charge >= 0.3 is 5.97 Å². The number of hydrogen-bond acceptors (Lipinski definition) is 7. The molecule has 0 unspecified atom stereocenters. The molecule has 4 rings (SSSR count). The topological polar surface area (TPSA) is 119 Å². The van der Waals surface area contributed by atoms with Crippen molar-refractivity contribution >= 4 is 41.2 Å². The molecule has 2 heterocycles. The second-order valence-electron chi connectivity index (χ2n) is 8.79. The van der Waals surface area contributed by atoms with Gasteiger partial charge in [0.2, 0.25) is 5.88 Å². The van der Waals surface area contributed by atoms with Gasteiger partial charge in [0.15, 0.2) is 5.56 Å². The van der Waals surface area contributed by atoms with Gasteiger partial charge in [0, 0.05) is 21.7 Å². The summed E-state index contributed by atoms with van der Waals surface area (Å²) >= 11 is 5.95. The van der Waals surface area contributed by atoms with Crippen molar-refractivity contribution in [2.75, 3.05) is 11.9 Å². The zero-order valence-corrected chi connectivity index (χ0v) is 20.2. The molecule has 0 saturated heterocycles. The van der Waals surface area contributed by atoms with Crippen LogP contribution in [0.4, 0.5) is 5.88 Å². The van der Waals surface area contributed by atoms with Crippen molar-refractivity contribution in [1.82, 2.24) is 10.1 Å². The van der Waals surface area contributed by atoms with Crippen LogP contribution in [0, 0.1) is 0 Å². The first-order valence-corrected chi connectivity index (χ1v) is 11.2. The summed E-state index contributed by atoms with van der Waals surface area (Å²) in [6, 6.07) is 10.8. The first-order chi connectivity index (χ1) is 16.5. The zero-order valence-electron chi connectivity index (χ0n) is 19.5. The fourth-order valence-electron chi connectivity index (χ4n) is 3.74. The molecule has 0 aliphatic carbocycles. The van der Waals surface area contributed by atoms with E-state index in [1.807, 2.05) is 0 Å². The molecule has 0 bridgehead atoms. The molecule has 1 aromatic heterocycles. The predicted molar refractivity (Wildman–Crippen MR) is 128 cm³/mol. The molecule has 1 aliphatic rings. The maximum Gasteiger partial charge on any atom is 0.346 e. The standard InChI is InChI=1S/C25H22ClN3O6/c1-5-34-24(33)18-19(13-6-9-15(26)10-7-13)28-35-21(18)27-20(30)14-8-11-16-17(12-14)23(32)29(22(16)31)25(2,3)4/h6-12H,5H2,1-4H3,(H,27,30). The van der Waals surface area contributed by atoms with E-state index in [1.165, 1.54) is 18.2 Å². The summed E-state index contributed by atoms with van der Waals surface area (Å²) in [5, 5.41) is 6.96. The number of nitrogens with one attached hydrogen (secondary N) is 1. The van der Waals surface area contributed by atoms with Gasteiger partial charge in [0.1, 0.15) is 5.69 Å². The van der Waals surface area contributed by atoms with Crippen LogP contribution in [-0.4, -0.2) is 45.9 Å². The van der Waals surface area contributed by atoms with Crippen LogP contribution in [-0.2, 0) is 4.74 Å². The number of ether oxygens (including phenoxy) is 1. The van der Waals surface area contributed by atoms with Crippen LogP contribution < -0.4 is 5.32 Å². The summed E-state index contributed by atoms with van der Waals surface area (Å²) < 4.78 is 10.4. The van der Waals surface area contributed by atoms with E-state index < -0.39 is 29.2 Å². The number of fused-ring (bicyclic) bond motifs is 1. The van der Waals surface area contributed by atoms with E-state index in [4.69, 9.17) is 20.9 Å². The summed E-state index contributed by atoms with van der Waals surface area (Å²) in [5.74, 6) is -2.50. The van der Waals surface area contributed by atoms with Crippen molar-refractivity contribution in [3.63, 3.8) is 0 Å². The highest BCUT2D eigenvalue weighted by molar-refractivity contribution is 6.30. The Bertz CT molecular complexity index is 1350. The van der Waals surface area contributed by atoms with Gasteiger partial charge in [-0.1, -0.05) is 28.9 Å². The van der Waals surface area contributed by atoms with Gasteiger partial charge in [-0.05, 0) is 58.0 Å². The molecule has 180 valence electrons. The van der Waals surface area contributed by atoms with Gasteiger partial charge < -0.3 is 9.26 Å². The third-order valence-corrected chi connectivity index (χ3v) is 5.59. The van der Waals surface area contributed by atoms with E-state index in [-0.39, 0.29) is 40.4 Å². The van der Waals surface area contributed by atoms with Crippen LogP contribution >= 0.6 is 11.6 Å². The molecule has 3 amide bonds. The van der Waals surface area contributed by atoms with Crippen LogP contribution in [0.5, 0.6) is 0 Å². The van der Waals surface area contributed by atoms with Gasteiger partial charge in [0.25, 0.3) is 17.7 Å². The highest BCUT2D eigenvalue weighted by atomic mass is 35.5. The lowest BCUT2D eigenvalue weighted by Crippen LogP contribution is -2.45. The Labute approximate surface area is 206 Å². The van der Waals surface area contributed by atoms with Crippen LogP contribution in [0.15, 0.2) is 47.0 Å². The molecule has 10 heteroatoms. The highest BCUT2D eigenvalue weighted by Gasteiger charge is 2.42. The lowest BCUT2D eigenvalue weighted by Gasteiger charge is -2.29. The molecule has 0 spiro atoms. The molecule has 3 aromatic rings. The quantitative estimate of drug-likeness (QED) is 0.398. The number of amides is 3. The smallest absolute Gasteiger partial charge is 0.346 e. The SMILES string of the molecule is CCOC(=O)c1c(-c2ccc(Cl)cc2)noc1NC(=O)c1ccc2c(c1)C(=O)N(C(C)(C)C)C2=O. The van der Waals surface area contributed by atoms with Crippen LogP contribution in [0.1, 0.15) is 69.1 Å². The van der Waals surface area contributed by atoms with Crippen molar-refractivity contribution in [3.05, 3.63) is 69.7 Å². The average Bonchev–Trinajstić information content (AvgIpc) is 3.32. The van der Waals surface area contributed by atoms with E-state index >= 15 is 0 Å². The molecule has 0 atom stereocenters. The van der Waals surface area contributed by atoms with Crippen LogP contribution in [0.25, 0.3) is 11.3 Å². The molecule has 0 radical (unpaired) electrons. The number of rotatable bonds is 5. The van der Waals surface area contributed by atoms with E-state index in [2.05, 4.69) is 10.5 Å². The number of anilines is 1. The number of carbonyl (C=O) groups excluding carboxylic acids is 4. The highest BCUT2D eigenvalue weighted by Crippen LogP contribution is 2.32.